The number of hydrogen-bond donors (Lipinski definition) is 1. The Balaban J connectivity index is 2.65. The van der Waals surface area contributed by atoms with E-state index in [-0.39, 0.29) is 5.56 Å². The first-order valence-corrected chi connectivity index (χ1v) is 6.30. The van der Waals surface area contributed by atoms with Gasteiger partial charge in [0, 0.05) is 20.8 Å². The van der Waals surface area contributed by atoms with Crippen molar-refractivity contribution >= 4 is 56.5 Å². The Labute approximate surface area is 117 Å². The average Bonchev–Trinajstić information content (AvgIpc) is 2.29. The Morgan fingerprint density at radius 3 is 2.44 bits per heavy atom. The molecule has 2 nitrogen and oxygen atoms in total. The number of nitrogens with one attached hydrogen (secondary N) is 1. The maximum Gasteiger partial charge on any atom is 0.256 e. The SMILES string of the molecule is O=c1[nH]c2cc(Cl)cc(Cl)c2c2ccc(Cl)cc12. The molecular weight excluding hydrogens is 293 g/mol. The zero-order valence-electron chi connectivity index (χ0n) is 8.93. The van der Waals surface area contributed by atoms with Gasteiger partial charge in [0.1, 0.15) is 0 Å². The highest BCUT2D eigenvalue weighted by molar-refractivity contribution is 6.40. The van der Waals surface area contributed by atoms with Gasteiger partial charge in [-0.2, -0.15) is 0 Å². The van der Waals surface area contributed by atoms with Gasteiger partial charge >= 0.3 is 0 Å². The molecule has 1 heterocycles. The van der Waals surface area contributed by atoms with Crippen LogP contribution in [0.5, 0.6) is 0 Å². The van der Waals surface area contributed by atoms with Gasteiger partial charge in [-0.15, -0.1) is 0 Å². The quantitative estimate of drug-likeness (QED) is 0.602. The molecule has 0 bridgehead atoms. The number of hydrogen-bond acceptors (Lipinski definition) is 1. The molecule has 1 N–H and O–H groups in total. The Morgan fingerprint density at radius 2 is 1.67 bits per heavy atom. The largest absolute Gasteiger partial charge is 0.321 e. The van der Waals surface area contributed by atoms with Gasteiger partial charge in [0.25, 0.3) is 5.56 Å². The fourth-order valence-corrected chi connectivity index (χ4v) is 2.83. The summed E-state index contributed by atoms with van der Waals surface area (Å²) in [5, 5.41) is 3.54. The van der Waals surface area contributed by atoms with Crippen molar-refractivity contribution in [3.8, 4) is 0 Å². The van der Waals surface area contributed by atoms with Crippen molar-refractivity contribution in [1.82, 2.24) is 4.98 Å². The van der Waals surface area contributed by atoms with E-state index in [1.165, 1.54) is 0 Å². The van der Waals surface area contributed by atoms with Gasteiger partial charge in [-0.05, 0) is 29.7 Å². The third-order valence-corrected chi connectivity index (χ3v) is 3.55. The third-order valence-electron chi connectivity index (χ3n) is 2.80. The summed E-state index contributed by atoms with van der Waals surface area (Å²) in [4.78, 5) is 14.7. The van der Waals surface area contributed by atoms with E-state index in [1.54, 1.807) is 30.3 Å². The lowest BCUT2D eigenvalue weighted by molar-refractivity contribution is 1.34. The summed E-state index contributed by atoms with van der Waals surface area (Å²) in [6.45, 7) is 0. The number of aromatic amines is 1. The monoisotopic (exact) mass is 297 g/mol. The second-order valence-electron chi connectivity index (χ2n) is 3.95. The smallest absolute Gasteiger partial charge is 0.256 e. The van der Waals surface area contributed by atoms with Crippen LogP contribution in [-0.4, -0.2) is 4.98 Å². The Morgan fingerprint density at radius 1 is 0.889 bits per heavy atom. The first kappa shape index (κ1) is 11.8. The number of halogens is 3. The molecule has 0 saturated heterocycles. The van der Waals surface area contributed by atoms with Gasteiger partial charge in [-0.25, -0.2) is 0 Å². The number of aromatic nitrogens is 1. The van der Waals surface area contributed by atoms with Crippen molar-refractivity contribution in [2.75, 3.05) is 0 Å². The Kier molecular flexibility index (Phi) is 2.74. The van der Waals surface area contributed by atoms with Gasteiger partial charge in [0.05, 0.1) is 10.5 Å². The van der Waals surface area contributed by atoms with E-state index in [0.717, 1.165) is 10.8 Å². The molecule has 0 aliphatic heterocycles. The Hall–Kier alpha value is -1.22. The predicted octanol–water partition coefficient (Wildman–Crippen LogP) is 4.64. The molecule has 0 aliphatic carbocycles. The first-order valence-electron chi connectivity index (χ1n) is 5.16. The summed E-state index contributed by atoms with van der Waals surface area (Å²) in [6, 6.07) is 8.47. The van der Waals surface area contributed by atoms with Gasteiger partial charge < -0.3 is 4.98 Å². The molecule has 5 heteroatoms. The van der Waals surface area contributed by atoms with Crippen LogP contribution in [0.2, 0.25) is 15.1 Å². The Bertz CT molecular complexity index is 839. The maximum atomic E-state index is 12.0. The summed E-state index contributed by atoms with van der Waals surface area (Å²) < 4.78 is 0. The van der Waals surface area contributed by atoms with Gasteiger partial charge in [0.2, 0.25) is 0 Å². The lowest BCUT2D eigenvalue weighted by Gasteiger charge is -2.06. The van der Waals surface area contributed by atoms with Crippen LogP contribution in [0.4, 0.5) is 0 Å². The number of fused-ring (bicyclic) bond motifs is 3. The van der Waals surface area contributed by atoms with E-state index in [0.29, 0.717) is 26.0 Å². The number of pyridine rings is 1. The fraction of sp³-hybridized carbons (Fsp3) is 0. The summed E-state index contributed by atoms with van der Waals surface area (Å²) in [5.41, 5.74) is 0.408. The van der Waals surface area contributed by atoms with E-state index in [9.17, 15) is 4.79 Å². The standard InChI is InChI=1S/C13H6Cl3NO/c14-6-1-2-8-9(3-6)13(18)17-11-5-7(15)4-10(16)12(8)11/h1-5H,(H,17,18). The zero-order valence-corrected chi connectivity index (χ0v) is 11.2. The highest BCUT2D eigenvalue weighted by atomic mass is 35.5. The normalized spacial score (nSPS) is 11.3. The molecule has 0 spiro atoms. The lowest BCUT2D eigenvalue weighted by atomic mass is 10.1. The minimum atomic E-state index is -0.210. The summed E-state index contributed by atoms with van der Waals surface area (Å²) in [6.07, 6.45) is 0. The summed E-state index contributed by atoms with van der Waals surface area (Å²) in [5.74, 6) is 0. The second kappa shape index (κ2) is 4.16. The molecule has 90 valence electrons. The van der Waals surface area contributed by atoms with Crippen LogP contribution < -0.4 is 5.56 Å². The molecule has 0 fully saturated rings. The molecule has 0 unspecified atom stereocenters. The van der Waals surface area contributed by atoms with E-state index in [1.807, 2.05) is 0 Å². The van der Waals surface area contributed by atoms with Crippen molar-refractivity contribution in [3.63, 3.8) is 0 Å². The highest BCUT2D eigenvalue weighted by Gasteiger charge is 2.09. The van der Waals surface area contributed by atoms with E-state index in [4.69, 9.17) is 34.8 Å². The van der Waals surface area contributed by atoms with Crippen LogP contribution in [-0.2, 0) is 0 Å². The van der Waals surface area contributed by atoms with Gasteiger partial charge in [0.15, 0.2) is 0 Å². The topological polar surface area (TPSA) is 32.9 Å². The van der Waals surface area contributed by atoms with Crippen molar-refractivity contribution in [3.05, 3.63) is 55.8 Å². The molecule has 0 saturated carbocycles. The molecule has 18 heavy (non-hydrogen) atoms. The van der Waals surface area contributed by atoms with Crippen molar-refractivity contribution in [1.29, 1.82) is 0 Å². The minimum Gasteiger partial charge on any atom is -0.321 e. The predicted molar refractivity (Wildman–Crippen MR) is 77.1 cm³/mol. The van der Waals surface area contributed by atoms with Crippen molar-refractivity contribution in [2.45, 2.75) is 0 Å². The number of benzene rings is 2. The molecule has 0 atom stereocenters. The van der Waals surface area contributed by atoms with Crippen LogP contribution in [0.3, 0.4) is 0 Å². The van der Waals surface area contributed by atoms with E-state index in [2.05, 4.69) is 4.98 Å². The van der Waals surface area contributed by atoms with Crippen LogP contribution in [0.1, 0.15) is 0 Å². The number of rotatable bonds is 0. The number of H-pyrrole nitrogens is 1. The summed E-state index contributed by atoms with van der Waals surface area (Å²) in [7, 11) is 0. The third kappa shape index (κ3) is 1.77. The molecule has 1 aromatic heterocycles. The molecule has 0 aliphatic rings. The van der Waals surface area contributed by atoms with Crippen LogP contribution in [0.15, 0.2) is 35.1 Å². The molecule has 3 aromatic rings. The highest BCUT2D eigenvalue weighted by Crippen LogP contribution is 2.32. The van der Waals surface area contributed by atoms with Crippen molar-refractivity contribution < 1.29 is 0 Å². The molecule has 0 amide bonds. The average molecular weight is 299 g/mol. The second-order valence-corrected chi connectivity index (χ2v) is 5.23. The molecule has 0 radical (unpaired) electrons. The fourth-order valence-electron chi connectivity index (χ4n) is 2.06. The molecule has 3 rings (SSSR count). The maximum absolute atomic E-state index is 12.0. The van der Waals surface area contributed by atoms with Crippen molar-refractivity contribution in [2.24, 2.45) is 0 Å². The van der Waals surface area contributed by atoms with E-state index < -0.39 is 0 Å². The molecule has 2 aromatic carbocycles. The van der Waals surface area contributed by atoms with Crippen LogP contribution >= 0.6 is 34.8 Å². The first-order chi connectivity index (χ1) is 8.56. The van der Waals surface area contributed by atoms with Crippen LogP contribution in [0, 0.1) is 0 Å². The lowest BCUT2D eigenvalue weighted by Crippen LogP contribution is -2.06. The molecular formula is C13H6Cl3NO. The van der Waals surface area contributed by atoms with Gasteiger partial charge in [-0.3, -0.25) is 4.79 Å². The summed E-state index contributed by atoms with van der Waals surface area (Å²) >= 11 is 18.0. The van der Waals surface area contributed by atoms with E-state index >= 15 is 0 Å². The minimum absolute atomic E-state index is 0.210. The van der Waals surface area contributed by atoms with Crippen LogP contribution in [0.25, 0.3) is 21.7 Å². The van der Waals surface area contributed by atoms with Gasteiger partial charge in [-0.1, -0.05) is 40.9 Å². The zero-order chi connectivity index (χ0) is 12.9.